The summed E-state index contributed by atoms with van der Waals surface area (Å²) in [5.41, 5.74) is 11.7. The number of nitrogens with zero attached hydrogens (tertiary/aromatic N) is 1. The zero-order valence-corrected chi connectivity index (χ0v) is 19.3. The first-order valence-corrected chi connectivity index (χ1v) is 10.7. The molecule has 0 fully saturated rings. The Bertz CT molecular complexity index is 1070. The number of urea groups is 1. The van der Waals surface area contributed by atoms with Crippen molar-refractivity contribution in [2.45, 2.75) is 46.5 Å². The Morgan fingerprint density at radius 1 is 0.969 bits per heavy atom. The predicted octanol–water partition coefficient (Wildman–Crippen LogP) is 4.18. The monoisotopic (exact) mass is 433 g/mol. The van der Waals surface area contributed by atoms with Crippen LogP contribution in [-0.4, -0.2) is 28.7 Å². The molecule has 2 aromatic carbocycles. The minimum Gasteiger partial charge on any atom is -0.336 e. The van der Waals surface area contributed by atoms with Crippen LogP contribution < -0.4 is 16.2 Å². The highest BCUT2D eigenvalue weighted by atomic mass is 16.2. The molecule has 1 heterocycles. The Hall–Kier alpha value is -3.61. The molecule has 3 amide bonds. The van der Waals surface area contributed by atoms with Crippen LogP contribution in [0.15, 0.2) is 48.5 Å². The van der Waals surface area contributed by atoms with Crippen molar-refractivity contribution in [3.63, 3.8) is 0 Å². The number of H-pyrrole nitrogens is 1. The van der Waals surface area contributed by atoms with Gasteiger partial charge in [-0.15, -0.1) is 0 Å². The summed E-state index contributed by atoms with van der Waals surface area (Å²) in [5.74, 6) is -0.473. The number of carbonyl (C=O) groups excluding carboxylic acids is 2. The highest BCUT2D eigenvalue weighted by Gasteiger charge is 2.16. The van der Waals surface area contributed by atoms with Gasteiger partial charge in [0.15, 0.2) is 0 Å². The quantitative estimate of drug-likeness (QED) is 0.454. The standard InChI is InChI=1S/C25H31N5O2/c1-16-13-19(25(3,4)5)14-17(2)20(16)11-12-26-24(32)30-29-23(31)22-15-21(27-28-22)18-9-7-6-8-10-18/h6-10,13-15H,11-12H2,1-5H3,(H,27,28)(H,29,31)(H2,26,30,32). The van der Waals surface area contributed by atoms with Crippen molar-refractivity contribution in [3.05, 3.63) is 76.5 Å². The van der Waals surface area contributed by atoms with Gasteiger partial charge in [-0.05, 0) is 54.0 Å². The van der Waals surface area contributed by atoms with Crippen LogP contribution in [0.5, 0.6) is 0 Å². The highest BCUT2D eigenvalue weighted by molar-refractivity contribution is 5.94. The molecule has 0 spiro atoms. The van der Waals surface area contributed by atoms with Gasteiger partial charge in [0.05, 0.1) is 5.69 Å². The van der Waals surface area contributed by atoms with Crippen LogP contribution in [0.4, 0.5) is 4.79 Å². The molecule has 0 unspecified atom stereocenters. The van der Waals surface area contributed by atoms with Crippen molar-refractivity contribution in [2.75, 3.05) is 6.54 Å². The van der Waals surface area contributed by atoms with Crippen molar-refractivity contribution in [1.82, 2.24) is 26.4 Å². The van der Waals surface area contributed by atoms with Crippen LogP contribution in [0.3, 0.4) is 0 Å². The molecule has 0 radical (unpaired) electrons. The van der Waals surface area contributed by atoms with E-state index >= 15 is 0 Å². The predicted molar refractivity (Wildman–Crippen MR) is 126 cm³/mol. The summed E-state index contributed by atoms with van der Waals surface area (Å²) in [6.07, 6.45) is 0.713. The van der Waals surface area contributed by atoms with Crippen molar-refractivity contribution < 1.29 is 9.59 Å². The van der Waals surface area contributed by atoms with Crippen LogP contribution in [0.2, 0.25) is 0 Å². The second-order valence-electron chi connectivity index (χ2n) is 8.96. The SMILES string of the molecule is Cc1cc(C(C)(C)C)cc(C)c1CCNC(=O)NNC(=O)c1cc(-c2ccccc2)n[nH]1. The fraction of sp³-hybridized carbons (Fsp3) is 0.320. The van der Waals surface area contributed by atoms with Gasteiger partial charge in [0.2, 0.25) is 0 Å². The summed E-state index contributed by atoms with van der Waals surface area (Å²) >= 11 is 0. The van der Waals surface area contributed by atoms with Gasteiger partial charge in [-0.25, -0.2) is 10.2 Å². The summed E-state index contributed by atoms with van der Waals surface area (Å²) in [6, 6.07) is 15.1. The van der Waals surface area contributed by atoms with Crippen LogP contribution >= 0.6 is 0 Å². The molecule has 7 heteroatoms. The molecule has 0 aliphatic carbocycles. The lowest BCUT2D eigenvalue weighted by Gasteiger charge is -2.22. The minimum atomic E-state index is -0.473. The van der Waals surface area contributed by atoms with Crippen molar-refractivity contribution in [3.8, 4) is 11.3 Å². The molecule has 168 valence electrons. The normalized spacial score (nSPS) is 11.2. The van der Waals surface area contributed by atoms with Crippen molar-refractivity contribution in [2.24, 2.45) is 0 Å². The maximum atomic E-state index is 12.3. The summed E-state index contributed by atoms with van der Waals surface area (Å²) in [7, 11) is 0. The molecular formula is C25H31N5O2. The van der Waals surface area contributed by atoms with Gasteiger partial charge in [-0.1, -0.05) is 63.2 Å². The van der Waals surface area contributed by atoms with Gasteiger partial charge in [0.25, 0.3) is 5.91 Å². The van der Waals surface area contributed by atoms with Crippen LogP contribution in [0.1, 0.15) is 53.5 Å². The third kappa shape index (κ3) is 5.75. The van der Waals surface area contributed by atoms with Crippen LogP contribution in [0.25, 0.3) is 11.3 Å². The van der Waals surface area contributed by atoms with E-state index < -0.39 is 11.9 Å². The number of aromatic nitrogens is 2. The van der Waals surface area contributed by atoms with Crippen LogP contribution in [-0.2, 0) is 11.8 Å². The molecule has 0 aliphatic rings. The van der Waals surface area contributed by atoms with Crippen molar-refractivity contribution in [1.29, 1.82) is 0 Å². The summed E-state index contributed by atoms with van der Waals surface area (Å²) in [6.45, 7) is 11.3. The number of aryl methyl sites for hydroxylation is 2. The van der Waals surface area contributed by atoms with Crippen LogP contribution in [0, 0.1) is 13.8 Å². The molecule has 4 N–H and O–H groups in total. The van der Waals surface area contributed by atoms with Gasteiger partial charge in [-0.2, -0.15) is 5.10 Å². The number of amides is 3. The maximum absolute atomic E-state index is 12.3. The summed E-state index contributed by atoms with van der Waals surface area (Å²) in [4.78, 5) is 24.4. The zero-order chi connectivity index (χ0) is 23.3. The van der Waals surface area contributed by atoms with Gasteiger partial charge < -0.3 is 5.32 Å². The second kappa shape index (κ2) is 9.68. The van der Waals surface area contributed by atoms with E-state index in [-0.39, 0.29) is 11.1 Å². The Labute approximate surface area is 189 Å². The summed E-state index contributed by atoms with van der Waals surface area (Å²) in [5, 5.41) is 9.61. The average Bonchev–Trinajstić information content (AvgIpc) is 3.24. The zero-order valence-electron chi connectivity index (χ0n) is 19.3. The van der Waals surface area contributed by atoms with E-state index in [9.17, 15) is 9.59 Å². The minimum absolute atomic E-state index is 0.0981. The number of benzene rings is 2. The molecule has 0 saturated carbocycles. The number of hydrazine groups is 1. The molecular weight excluding hydrogens is 402 g/mol. The smallest absolute Gasteiger partial charge is 0.333 e. The van der Waals surface area contributed by atoms with E-state index in [2.05, 4.69) is 73.1 Å². The lowest BCUT2D eigenvalue weighted by molar-refractivity contribution is 0.0931. The third-order valence-electron chi connectivity index (χ3n) is 5.40. The Morgan fingerprint density at radius 2 is 1.62 bits per heavy atom. The largest absolute Gasteiger partial charge is 0.336 e. The summed E-state index contributed by atoms with van der Waals surface area (Å²) < 4.78 is 0. The fourth-order valence-corrected chi connectivity index (χ4v) is 3.54. The van der Waals surface area contributed by atoms with Gasteiger partial charge >= 0.3 is 6.03 Å². The molecule has 0 saturated heterocycles. The van der Waals surface area contributed by atoms with E-state index in [0.717, 1.165) is 5.56 Å². The van der Waals surface area contributed by atoms with Crippen molar-refractivity contribution >= 4 is 11.9 Å². The maximum Gasteiger partial charge on any atom is 0.333 e. The van der Waals surface area contributed by atoms with Gasteiger partial charge in [-0.3, -0.25) is 15.3 Å². The number of hydrogen-bond acceptors (Lipinski definition) is 3. The first kappa shape index (κ1) is 23.1. The Balaban J connectivity index is 1.48. The van der Waals surface area contributed by atoms with Gasteiger partial charge in [0.1, 0.15) is 5.69 Å². The molecule has 0 aliphatic heterocycles. The van der Waals surface area contributed by atoms with E-state index in [1.165, 1.54) is 22.3 Å². The molecule has 0 bridgehead atoms. The number of nitrogens with one attached hydrogen (secondary N) is 4. The van der Waals surface area contributed by atoms with E-state index in [1.807, 2.05) is 30.3 Å². The highest BCUT2D eigenvalue weighted by Crippen LogP contribution is 2.27. The second-order valence-corrected chi connectivity index (χ2v) is 8.96. The van der Waals surface area contributed by atoms with E-state index in [0.29, 0.717) is 18.7 Å². The molecule has 3 aromatic rings. The Kier molecular flexibility index (Phi) is 6.98. The van der Waals surface area contributed by atoms with E-state index in [4.69, 9.17) is 0 Å². The Morgan fingerprint density at radius 3 is 2.25 bits per heavy atom. The first-order chi connectivity index (χ1) is 15.1. The number of aromatic amines is 1. The molecule has 1 aromatic heterocycles. The molecule has 3 rings (SSSR count). The first-order valence-electron chi connectivity index (χ1n) is 10.7. The number of rotatable bonds is 5. The number of carbonyl (C=O) groups is 2. The molecule has 7 nitrogen and oxygen atoms in total. The van der Waals surface area contributed by atoms with E-state index in [1.54, 1.807) is 6.07 Å². The lowest BCUT2D eigenvalue weighted by atomic mass is 9.83. The topological polar surface area (TPSA) is 98.9 Å². The molecule has 0 atom stereocenters. The third-order valence-corrected chi connectivity index (χ3v) is 5.40. The van der Waals surface area contributed by atoms with Gasteiger partial charge in [0, 0.05) is 12.1 Å². The fourth-order valence-electron chi connectivity index (χ4n) is 3.54. The number of hydrogen-bond donors (Lipinski definition) is 4. The average molecular weight is 434 g/mol. The lowest BCUT2D eigenvalue weighted by Crippen LogP contribution is -2.47. The molecule has 32 heavy (non-hydrogen) atoms.